The van der Waals surface area contributed by atoms with Gasteiger partial charge in [-0.2, -0.15) is 5.26 Å². The Kier molecular flexibility index (Phi) is 5.97. The SMILES string of the molecule is CC1CN(C(=O)/C(C#N)=C\N(c2ccccc2)c2ccc(N)cc2)CC(C)O1. The summed E-state index contributed by atoms with van der Waals surface area (Å²) in [5.74, 6) is -0.291. The fraction of sp³-hybridized carbons (Fsp3) is 0.273. The average Bonchev–Trinajstić information content (AvgIpc) is 2.69. The van der Waals surface area contributed by atoms with Crippen molar-refractivity contribution in [2.24, 2.45) is 0 Å². The number of nitrogen functional groups attached to an aromatic ring is 1. The van der Waals surface area contributed by atoms with Crippen LogP contribution < -0.4 is 10.6 Å². The normalized spacial score (nSPS) is 19.8. The highest BCUT2D eigenvalue weighted by molar-refractivity contribution is 5.98. The van der Waals surface area contributed by atoms with Crippen molar-refractivity contribution in [1.29, 1.82) is 5.26 Å². The van der Waals surface area contributed by atoms with E-state index >= 15 is 0 Å². The molecule has 3 rings (SSSR count). The number of ether oxygens (including phenoxy) is 1. The van der Waals surface area contributed by atoms with Gasteiger partial charge < -0.3 is 20.3 Å². The third-order valence-corrected chi connectivity index (χ3v) is 4.52. The van der Waals surface area contributed by atoms with Crippen LogP contribution in [0.4, 0.5) is 17.1 Å². The smallest absolute Gasteiger partial charge is 0.266 e. The van der Waals surface area contributed by atoms with Crippen molar-refractivity contribution in [3.05, 3.63) is 66.4 Å². The molecule has 1 amide bonds. The Morgan fingerprint density at radius 1 is 1.11 bits per heavy atom. The van der Waals surface area contributed by atoms with Gasteiger partial charge in [-0.05, 0) is 50.2 Å². The van der Waals surface area contributed by atoms with Crippen LogP contribution in [-0.4, -0.2) is 36.1 Å². The van der Waals surface area contributed by atoms with E-state index in [0.717, 1.165) is 11.4 Å². The van der Waals surface area contributed by atoms with Crippen molar-refractivity contribution < 1.29 is 9.53 Å². The van der Waals surface area contributed by atoms with E-state index in [1.165, 1.54) is 0 Å². The van der Waals surface area contributed by atoms with Gasteiger partial charge >= 0.3 is 0 Å². The maximum absolute atomic E-state index is 13.0. The second kappa shape index (κ2) is 8.59. The molecule has 1 saturated heterocycles. The number of hydrogen-bond acceptors (Lipinski definition) is 5. The Labute approximate surface area is 165 Å². The molecule has 0 bridgehead atoms. The van der Waals surface area contributed by atoms with Crippen molar-refractivity contribution in [2.75, 3.05) is 23.7 Å². The first-order valence-corrected chi connectivity index (χ1v) is 9.24. The molecule has 2 N–H and O–H groups in total. The number of nitrogens with zero attached hydrogens (tertiary/aromatic N) is 3. The zero-order chi connectivity index (χ0) is 20.1. The third kappa shape index (κ3) is 4.51. The molecule has 1 aliphatic heterocycles. The van der Waals surface area contributed by atoms with Crippen LogP contribution in [0.1, 0.15) is 13.8 Å². The molecular formula is C22H24N4O2. The molecule has 6 nitrogen and oxygen atoms in total. The largest absolute Gasteiger partial charge is 0.399 e. The Morgan fingerprint density at radius 3 is 2.25 bits per heavy atom. The summed E-state index contributed by atoms with van der Waals surface area (Å²) >= 11 is 0. The van der Waals surface area contributed by atoms with Crippen molar-refractivity contribution in [2.45, 2.75) is 26.1 Å². The fourth-order valence-electron chi connectivity index (χ4n) is 3.30. The number of carbonyl (C=O) groups is 1. The number of morpholine rings is 1. The van der Waals surface area contributed by atoms with Crippen LogP contribution in [0.25, 0.3) is 0 Å². The van der Waals surface area contributed by atoms with Gasteiger partial charge in [-0.3, -0.25) is 4.79 Å². The molecule has 0 aliphatic carbocycles. The first-order chi connectivity index (χ1) is 13.5. The number of carbonyl (C=O) groups excluding carboxylic acids is 1. The van der Waals surface area contributed by atoms with Gasteiger partial charge in [0, 0.05) is 36.4 Å². The highest BCUT2D eigenvalue weighted by Gasteiger charge is 2.28. The van der Waals surface area contributed by atoms with Crippen molar-refractivity contribution in [3.8, 4) is 6.07 Å². The summed E-state index contributed by atoms with van der Waals surface area (Å²) in [6.45, 7) is 4.79. The minimum absolute atomic E-state index is 0.0602. The number of rotatable bonds is 4. The summed E-state index contributed by atoms with van der Waals surface area (Å²) in [5.41, 5.74) is 8.18. The summed E-state index contributed by atoms with van der Waals surface area (Å²) in [7, 11) is 0. The van der Waals surface area contributed by atoms with E-state index < -0.39 is 0 Å². The van der Waals surface area contributed by atoms with E-state index in [1.807, 2.05) is 61.2 Å². The molecule has 1 aliphatic rings. The van der Waals surface area contributed by atoms with Gasteiger partial charge in [0.1, 0.15) is 11.6 Å². The van der Waals surface area contributed by atoms with E-state index in [1.54, 1.807) is 23.2 Å². The van der Waals surface area contributed by atoms with Crippen molar-refractivity contribution in [1.82, 2.24) is 4.90 Å². The number of amides is 1. The number of anilines is 3. The summed E-state index contributed by atoms with van der Waals surface area (Å²) in [4.78, 5) is 16.5. The molecule has 0 spiro atoms. The number of nitrogens with two attached hydrogens (primary N) is 1. The topological polar surface area (TPSA) is 82.6 Å². The molecule has 144 valence electrons. The number of nitriles is 1. The molecular weight excluding hydrogens is 352 g/mol. The van der Waals surface area contributed by atoms with Crippen LogP contribution in [0.5, 0.6) is 0 Å². The van der Waals surface area contributed by atoms with Gasteiger partial charge in [-0.1, -0.05) is 18.2 Å². The summed E-state index contributed by atoms with van der Waals surface area (Å²) in [6, 6.07) is 18.9. The van der Waals surface area contributed by atoms with Gasteiger partial charge in [0.2, 0.25) is 0 Å². The monoisotopic (exact) mass is 376 g/mol. The zero-order valence-corrected chi connectivity index (χ0v) is 16.1. The highest BCUT2D eigenvalue weighted by Crippen LogP contribution is 2.27. The Morgan fingerprint density at radius 2 is 1.68 bits per heavy atom. The lowest BCUT2D eigenvalue weighted by Gasteiger charge is -2.35. The zero-order valence-electron chi connectivity index (χ0n) is 16.1. The predicted octanol–water partition coefficient (Wildman–Crippen LogP) is 3.45. The van der Waals surface area contributed by atoms with Crippen LogP contribution in [0.15, 0.2) is 66.4 Å². The molecule has 28 heavy (non-hydrogen) atoms. The quantitative estimate of drug-likeness (QED) is 0.502. The van der Waals surface area contributed by atoms with Crippen molar-refractivity contribution in [3.63, 3.8) is 0 Å². The van der Waals surface area contributed by atoms with Crippen molar-refractivity contribution >= 4 is 23.0 Å². The number of benzene rings is 2. The molecule has 6 heteroatoms. The van der Waals surface area contributed by atoms with E-state index in [2.05, 4.69) is 6.07 Å². The summed E-state index contributed by atoms with van der Waals surface area (Å²) < 4.78 is 5.69. The van der Waals surface area contributed by atoms with Crippen LogP contribution in [0, 0.1) is 11.3 Å². The predicted molar refractivity (Wildman–Crippen MR) is 110 cm³/mol. The number of para-hydroxylation sites is 1. The summed E-state index contributed by atoms with van der Waals surface area (Å²) in [6.07, 6.45) is 1.47. The molecule has 2 atom stereocenters. The van der Waals surface area contributed by atoms with Gasteiger partial charge in [0.25, 0.3) is 5.91 Å². The second-order valence-corrected chi connectivity index (χ2v) is 6.92. The Hall–Kier alpha value is -3.30. The highest BCUT2D eigenvalue weighted by atomic mass is 16.5. The van der Waals surface area contributed by atoms with E-state index in [-0.39, 0.29) is 23.7 Å². The molecule has 0 radical (unpaired) electrons. The van der Waals surface area contributed by atoms with Crippen LogP contribution >= 0.6 is 0 Å². The maximum atomic E-state index is 13.0. The van der Waals surface area contributed by atoms with Crippen LogP contribution in [0.2, 0.25) is 0 Å². The van der Waals surface area contributed by atoms with Crippen LogP contribution in [0.3, 0.4) is 0 Å². The Balaban J connectivity index is 1.96. The minimum Gasteiger partial charge on any atom is -0.399 e. The molecule has 2 aromatic rings. The molecule has 0 aromatic heterocycles. The average molecular weight is 376 g/mol. The molecule has 2 unspecified atom stereocenters. The molecule has 0 saturated carbocycles. The van der Waals surface area contributed by atoms with Gasteiger partial charge in [0.15, 0.2) is 0 Å². The Bertz CT molecular complexity index is 877. The van der Waals surface area contributed by atoms with E-state index in [0.29, 0.717) is 18.8 Å². The lowest BCUT2D eigenvalue weighted by Crippen LogP contribution is -2.48. The van der Waals surface area contributed by atoms with E-state index in [9.17, 15) is 10.1 Å². The van der Waals surface area contributed by atoms with Gasteiger partial charge in [-0.15, -0.1) is 0 Å². The third-order valence-electron chi connectivity index (χ3n) is 4.52. The molecule has 1 heterocycles. The fourth-order valence-corrected chi connectivity index (χ4v) is 3.30. The lowest BCUT2D eigenvalue weighted by molar-refractivity contribution is -0.138. The second-order valence-electron chi connectivity index (χ2n) is 6.92. The number of hydrogen-bond donors (Lipinski definition) is 1. The van der Waals surface area contributed by atoms with Gasteiger partial charge in [0.05, 0.1) is 12.2 Å². The molecule has 1 fully saturated rings. The van der Waals surface area contributed by atoms with Crippen LogP contribution in [-0.2, 0) is 9.53 Å². The minimum atomic E-state index is -0.291. The first-order valence-electron chi connectivity index (χ1n) is 9.24. The first kappa shape index (κ1) is 19.5. The maximum Gasteiger partial charge on any atom is 0.266 e. The lowest BCUT2D eigenvalue weighted by atomic mass is 10.1. The summed E-state index contributed by atoms with van der Waals surface area (Å²) in [5, 5.41) is 9.70. The standard InChI is InChI=1S/C22H24N4O2/c1-16-13-25(14-17(2)28-16)22(27)18(12-23)15-26(20-6-4-3-5-7-20)21-10-8-19(24)9-11-21/h3-11,15-17H,13-14,24H2,1-2H3/b18-15-. The van der Waals surface area contributed by atoms with Gasteiger partial charge in [-0.25, -0.2) is 0 Å². The molecule has 2 aromatic carbocycles. The van der Waals surface area contributed by atoms with E-state index in [4.69, 9.17) is 10.5 Å².